The van der Waals surface area contributed by atoms with Gasteiger partial charge in [0.2, 0.25) is 5.91 Å². The minimum absolute atomic E-state index is 0.373. The summed E-state index contributed by atoms with van der Waals surface area (Å²) in [5, 5.41) is 11.0. The Kier molecular flexibility index (Phi) is 3.85. The van der Waals surface area contributed by atoms with E-state index < -0.39 is 38.3 Å². The van der Waals surface area contributed by atoms with Crippen LogP contribution in [0.25, 0.3) is 0 Å². The van der Waals surface area contributed by atoms with Gasteiger partial charge in [-0.1, -0.05) is 12.8 Å². The fraction of sp³-hybridized carbons (Fsp3) is 0.833. The number of carbonyl (C=O) groups excluding carboxylic acids is 1. The number of carbonyl (C=O) groups is 2. The molecule has 2 saturated carbocycles. The van der Waals surface area contributed by atoms with Crippen molar-refractivity contribution < 1.29 is 23.1 Å². The molecule has 0 heterocycles. The van der Waals surface area contributed by atoms with Gasteiger partial charge in [-0.05, 0) is 32.1 Å². The van der Waals surface area contributed by atoms with Crippen molar-refractivity contribution in [2.75, 3.05) is 5.75 Å². The van der Waals surface area contributed by atoms with E-state index in [-0.39, 0.29) is 0 Å². The monoisotopic (exact) mass is 289 g/mol. The number of carboxylic acids is 1. The van der Waals surface area contributed by atoms with E-state index >= 15 is 0 Å². The highest BCUT2D eigenvalue weighted by atomic mass is 32.2. The van der Waals surface area contributed by atoms with Crippen LogP contribution in [-0.2, 0) is 19.4 Å². The Labute approximate surface area is 112 Å². The van der Waals surface area contributed by atoms with Crippen molar-refractivity contribution in [3.63, 3.8) is 0 Å². The molecule has 0 aromatic rings. The second kappa shape index (κ2) is 5.11. The van der Waals surface area contributed by atoms with E-state index in [2.05, 4.69) is 5.32 Å². The maximum Gasteiger partial charge on any atom is 0.329 e. The first-order chi connectivity index (χ1) is 8.86. The third-order valence-corrected chi connectivity index (χ3v) is 6.29. The molecule has 0 spiro atoms. The van der Waals surface area contributed by atoms with E-state index in [1.807, 2.05) is 0 Å². The molecule has 2 fully saturated rings. The average Bonchev–Trinajstić information content (AvgIpc) is 2.75. The van der Waals surface area contributed by atoms with Gasteiger partial charge in [-0.3, -0.25) is 4.79 Å². The quantitative estimate of drug-likeness (QED) is 0.766. The summed E-state index contributed by atoms with van der Waals surface area (Å²) in [5.41, 5.74) is -1.23. The van der Waals surface area contributed by atoms with Crippen molar-refractivity contribution in [2.24, 2.45) is 0 Å². The number of hydrogen-bond acceptors (Lipinski definition) is 4. The summed E-state index contributed by atoms with van der Waals surface area (Å²) < 4.78 is 24.0. The third kappa shape index (κ3) is 2.91. The van der Waals surface area contributed by atoms with Gasteiger partial charge in [-0.25, -0.2) is 13.2 Å². The summed E-state index contributed by atoms with van der Waals surface area (Å²) in [6.45, 7) is 0. The van der Waals surface area contributed by atoms with Crippen LogP contribution in [0.3, 0.4) is 0 Å². The van der Waals surface area contributed by atoms with Gasteiger partial charge in [0.15, 0.2) is 9.84 Å². The number of aliphatic carboxylic acids is 1. The molecule has 6 nitrogen and oxygen atoms in total. The molecule has 2 N–H and O–H groups in total. The van der Waals surface area contributed by atoms with E-state index in [9.17, 15) is 18.0 Å². The minimum atomic E-state index is -3.45. The highest BCUT2D eigenvalue weighted by molar-refractivity contribution is 7.92. The van der Waals surface area contributed by atoms with Crippen LogP contribution in [0.2, 0.25) is 0 Å². The van der Waals surface area contributed by atoms with Crippen molar-refractivity contribution in [1.82, 2.24) is 5.32 Å². The maximum atomic E-state index is 12.0. The van der Waals surface area contributed by atoms with E-state index in [0.717, 1.165) is 19.3 Å². The van der Waals surface area contributed by atoms with Gasteiger partial charge in [0.25, 0.3) is 0 Å². The predicted octanol–water partition coefficient (Wildman–Crippen LogP) is 0.467. The molecule has 2 aliphatic rings. The number of hydrogen-bond donors (Lipinski definition) is 2. The van der Waals surface area contributed by atoms with E-state index in [1.165, 1.54) is 0 Å². The molecule has 0 bridgehead atoms. The van der Waals surface area contributed by atoms with Crippen molar-refractivity contribution in [2.45, 2.75) is 55.7 Å². The molecular formula is C12H19NO5S. The topological polar surface area (TPSA) is 101 Å². The summed E-state index contributed by atoms with van der Waals surface area (Å²) in [6.07, 6.45) is 4.46. The van der Waals surface area contributed by atoms with Gasteiger partial charge >= 0.3 is 5.97 Å². The van der Waals surface area contributed by atoms with Crippen molar-refractivity contribution in [3.05, 3.63) is 0 Å². The molecule has 2 rings (SSSR count). The molecule has 0 radical (unpaired) electrons. The number of rotatable bonds is 5. The van der Waals surface area contributed by atoms with Crippen LogP contribution >= 0.6 is 0 Å². The largest absolute Gasteiger partial charge is 0.480 e. The van der Waals surface area contributed by atoms with Gasteiger partial charge in [-0.2, -0.15) is 0 Å². The van der Waals surface area contributed by atoms with Gasteiger partial charge in [-0.15, -0.1) is 0 Å². The van der Waals surface area contributed by atoms with Gasteiger partial charge in [0.05, 0.1) is 5.25 Å². The number of amides is 1. The van der Waals surface area contributed by atoms with Crippen LogP contribution < -0.4 is 5.32 Å². The van der Waals surface area contributed by atoms with Crippen LogP contribution in [0, 0.1) is 0 Å². The lowest BCUT2D eigenvalue weighted by atomic mass is 9.77. The van der Waals surface area contributed by atoms with Crippen LogP contribution in [0.1, 0.15) is 44.9 Å². The summed E-state index contributed by atoms with van der Waals surface area (Å²) >= 11 is 0. The Hall–Kier alpha value is -1.11. The van der Waals surface area contributed by atoms with Crippen LogP contribution in [-0.4, -0.2) is 41.9 Å². The molecule has 0 atom stereocenters. The zero-order valence-corrected chi connectivity index (χ0v) is 11.5. The molecule has 2 aliphatic carbocycles. The standard InChI is InChI=1S/C12H19NO5S/c14-10(13-12(11(15)16)6-3-7-12)8-19(17,18)9-4-1-2-5-9/h9H,1-8H2,(H,13,14)(H,15,16). The lowest BCUT2D eigenvalue weighted by Crippen LogP contribution is -2.60. The first-order valence-corrected chi connectivity index (χ1v) is 8.33. The van der Waals surface area contributed by atoms with E-state index in [4.69, 9.17) is 5.11 Å². The average molecular weight is 289 g/mol. The highest BCUT2D eigenvalue weighted by Crippen LogP contribution is 2.32. The molecular weight excluding hydrogens is 270 g/mol. The third-order valence-electron chi connectivity index (χ3n) is 4.14. The predicted molar refractivity (Wildman–Crippen MR) is 68.4 cm³/mol. The molecule has 19 heavy (non-hydrogen) atoms. The molecule has 0 saturated heterocycles. The first kappa shape index (κ1) is 14.3. The lowest BCUT2D eigenvalue weighted by Gasteiger charge is -2.38. The maximum absolute atomic E-state index is 12.0. The summed E-state index contributed by atoms with van der Waals surface area (Å²) in [4.78, 5) is 22.9. The van der Waals surface area contributed by atoms with Gasteiger partial charge in [0.1, 0.15) is 11.3 Å². The van der Waals surface area contributed by atoms with E-state index in [0.29, 0.717) is 25.7 Å². The second-order valence-electron chi connectivity index (χ2n) is 5.50. The Morgan fingerprint density at radius 3 is 2.16 bits per heavy atom. The fourth-order valence-corrected chi connectivity index (χ4v) is 4.50. The first-order valence-electron chi connectivity index (χ1n) is 6.62. The second-order valence-corrected chi connectivity index (χ2v) is 7.78. The van der Waals surface area contributed by atoms with Gasteiger partial charge < -0.3 is 10.4 Å². The molecule has 108 valence electrons. The Bertz CT molecular complexity index is 474. The molecule has 7 heteroatoms. The fourth-order valence-electron chi connectivity index (χ4n) is 2.77. The van der Waals surface area contributed by atoms with Gasteiger partial charge in [0, 0.05) is 0 Å². The Morgan fingerprint density at radius 2 is 1.74 bits per heavy atom. The zero-order chi connectivity index (χ0) is 14.1. The molecule has 0 aromatic heterocycles. The summed E-state index contributed by atoms with van der Waals surface area (Å²) in [5.74, 6) is -2.36. The highest BCUT2D eigenvalue weighted by Gasteiger charge is 2.46. The number of carboxylic acid groups (broad SMARTS) is 1. The zero-order valence-electron chi connectivity index (χ0n) is 10.7. The van der Waals surface area contributed by atoms with Crippen LogP contribution in [0.4, 0.5) is 0 Å². The van der Waals surface area contributed by atoms with Crippen LogP contribution in [0.5, 0.6) is 0 Å². The molecule has 0 aromatic carbocycles. The normalized spacial score (nSPS) is 22.7. The van der Waals surface area contributed by atoms with Crippen LogP contribution in [0.15, 0.2) is 0 Å². The smallest absolute Gasteiger partial charge is 0.329 e. The minimum Gasteiger partial charge on any atom is -0.480 e. The number of nitrogens with one attached hydrogen (secondary N) is 1. The van der Waals surface area contributed by atoms with E-state index in [1.54, 1.807) is 0 Å². The molecule has 1 amide bonds. The van der Waals surface area contributed by atoms with Crippen molar-refractivity contribution >= 4 is 21.7 Å². The van der Waals surface area contributed by atoms with Crippen molar-refractivity contribution in [3.8, 4) is 0 Å². The molecule has 0 unspecified atom stereocenters. The summed E-state index contributed by atoms with van der Waals surface area (Å²) in [6, 6.07) is 0. The Balaban J connectivity index is 1.96. The number of sulfone groups is 1. The lowest BCUT2D eigenvalue weighted by molar-refractivity contribution is -0.151. The van der Waals surface area contributed by atoms with Crippen molar-refractivity contribution in [1.29, 1.82) is 0 Å². The molecule has 0 aliphatic heterocycles. The Morgan fingerprint density at radius 1 is 1.16 bits per heavy atom. The SMILES string of the molecule is O=C(CS(=O)(=O)C1CCCC1)NC1(C(=O)O)CCC1. The summed E-state index contributed by atoms with van der Waals surface area (Å²) in [7, 11) is -3.45.